The first-order valence-corrected chi connectivity index (χ1v) is 21.0. The summed E-state index contributed by atoms with van der Waals surface area (Å²) in [5.41, 5.74) is 17.4. The second-order valence-electron chi connectivity index (χ2n) is 18.5. The molecule has 0 amide bonds. The number of rotatable bonds is 8. The van der Waals surface area contributed by atoms with Crippen LogP contribution in [-0.4, -0.2) is 12.6 Å². The number of hydrogen-bond acceptors (Lipinski definition) is 2. The molecule has 2 heteroatoms. The summed E-state index contributed by atoms with van der Waals surface area (Å²) in [4.78, 5) is 11.9. The fourth-order valence-corrected chi connectivity index (χ4v) is 10.5. The van der Waals surface area contributed by atoms with Crippen molar-refractivity contribution >= 4 is 38.3 Å². The van der Waals surface area contributed by atoms with Crippen LogP contribution in [0, 0.1) is 6.92 Å². The molecule has 0 radical (unpaired) electrons. The molecule has 0 bridgehead atoms. The molecular weight excluding hydrogens is 717 g/mol. The first-order chi connectivity index (χ1) is 28.3. The van der Waals surface area contributed by atoms with E-state index < -0.39 is 5.41 Å². The van der Waals surface area contributed by atoms with E-state index in [1.165, 1.54) is 116 Å². The van der Waals surface area contributed by atoms with Crippen LogP contribution in [0.25, 0.3) is 76.8 Å². The van der Waals surface area contributed by atoms with Gasteiger partial charge in [-0.25, -0.2) is 4.79 Å². The maximum Gasteiger partial charge on any atom is 0.330 e. The second kappa shape index (κ2) is 13.1. The molecule has 8 aromatic carbocycles. The van der Waals surface area contributed by atoms with Gasteiger partial charge in [0.1, 0.15) is 0 Å². The lowest BCUT2D eigenvalue weighted by molar-refractivity contribution is -0.137. The molecule has 0 aromatic heterocycles. The van der Waals surface area contributed by atoms with E-state index in [4.69, 9.17) is 4.74 Å². The van der Waals surface area contributed by atoms with Gasteiger partial charge in [0.25, 0.3) is 0 Å². The third-order valence-electron chi connectivity index (χ3n) is 13.7. The SMILES string of the molecule is C=CC(=O)OCCCC1(C=C)c2cc(C)ccc2-c2ccc(-c3ccc4c(c3)C(C)(C)c3cc(-c5ccc6ccc7cc(C(C)(C)C)cc8ccc5c6c78)ccc3-4)cc21. The molecule has 2 aliphatic carbocycles. The molecule has 0 N–H and O–H groups in total. The minimum absolute atomic E-state index is 0.0845. The maximum atomic E-state index is 11.9. The van der Waals surface area contributed by atoms with Crippen LogP contribution in [0.4, 0.5) is 0 Å². The van der Waals surface area contributed by atoms with Crippen LogP contribution in [0.1, 0.15) is 80.8 Å². The van der Waals surface area contributed by atoms with Gasteiger partial charge >= 0.3 is 5.97 Å². The number of carbonyl (C=O) groups excluding carboxylic acids is 1. The van der Waals surface area contributed by atoms with Crippen molar-refractivity contribution in [1.82, 2.24) is 0 Å². The van der Waals surface area contributed by atoms with E-state index in [1.807, 2.05) is 0 Å². The van der Waals surface area contributed by atoms with Crippen molar-refractivity contribution < 1.29 is 9.53 Å². The molecule has 59 heavy (non-hydrogen) atoms. The Labute approximate surface area is 348 Å². The number of fused-ring (bicyclic) bond motifs is 6. The van der Waals surface area contributed by atoms with E-state index in [0.717, 1.165) is 6.42 Å². The number of aryl methyl sites for hydroxylation is 1. The van der Waals surface area contributed by atoms with Crippen molar-refractivity contribution in [1.29, 1.82) is 0 Å². The molecule has 0 aliphatic heterocycles. The van der Waals surface area contributed by atoms with Crippen LogP contribution in [0.5, 0.6) is 0 Å². The van der Waals surface area contributed by atoms with Crippen LogP contribution in [0.3, 0.4) is 0 Å². The lowest BCUT2D eigenvalue weighted by Gasteiger charge is -2.29. The van der Waals surface area contributed by atoms with Crippen LogP contribution in [0.15, 0.2) is 147 Å². The maximum absolute atomic E-state index is 11.9. The van der Waals surface area contributed by atoms with Gasteiger partial charge < -0.3 is 4.74 Å². The summed E-state index contributed by atoms with van der Waals surface area (Å²) >= 11 is 0. The monoisotopic (exact) mass is 766 g/mol. The highest BCUT2D eigenvalue weighted by Crippen LogP contribution is 2.55. The number of benzene rings is 8. The Morgan fingerprint density at radius 2 is 1.14 bits per heavy atom. The number of hydrogen-bond donors (Lipinski definition) is 0. The minimum Gasteiger partial charge on any atom is -0.463 e. The normalized spacial score (nSPS) is 16.2. The Bertz CT molecular complexity index is 3060. The Hall–Kier alpha value is -6.25. The van der Waals surface area contributed by atoms with E-state index in [9.17, 15) is 4.79 Å². The number of carbonyl (C=O) groups is 1. The van der Waals surface area contributed by atoms with E-state index in [0.29, 0.717) is 13.0 Å². The predicted octanol–water partition coefficient (Wildman–Crippen LogP) is 14.8. The summed E-state index contributed by atoms with van der Waals surface area (Å²) < 4.78 is 5.42. The molecule has 1 unspecified atom stereocenters. The van der Waals surface area contributed by atoms with Crippen LogP contribution >= 0.6 is 0 Å². The van der Waals surface area contributed by atoms with Crippen molar-refractivity contribution in [2.45, 2.75) is 70.6 Å². The summed E-state index contributed by atoms with van der Waals surface area (Å²) in [6.07, 6.45) is 4.83. The Morgan fingerprint density at radius 1 is 0.610 bits per heavy atom. The van der Waals surface area contributed by atoms with Gasteiger partial charge in [0, 0.05) is 16.9 Å². The lowest BCUT2D eigenvalue weighted by Crippen LogP contribution is -2.23. The Kier molecular flexibility index (Phi) is 8.25. The van der Waals surface area contributed by atoms with E-state index in [2.05, 4.69) is 182 Å². The summed E-state index contributed by atoms with van der Waals surface area (Å²) in [5, 5.41) is 7.94. The largest absolute Gasteiger partial charge is 0.463 e. The molecule has 0 saturated carbocycles. The highest BCUT2D eigenvalue weighted by Gasteiger charge is 2.41. The van der Waals surface area contributed by atoms with Gasteiger partial charge in [-0.15, -0.1) is 6.58 Å². The smallest absolute Gasteiger partial charge is 0.330 e. The first-order valence-electron chi connectivity index (χ1n) is 21.0. The number of allylic oxidation sites excluding steroid dienone is 1. The van der Waals surface area contributed by atoms with Crippen LogP contribution in [-0.2, 0) is 25.8 Å². The van der Waals surface area contributed by atoms with Gasteiger partial charge in [0.15, 0.2) is 0 Å². The highest BCUT2D eigenvalue weighted by atomic mass is 16.5. The minimum atomic E-state index is -0.392. The molecule has 2 nitrogen and oxygen atoms in total. The van der Waals surface area contributed by atoms with Crippen molar-refractivity contribution in [2.75, 3.05) is 6.61 Å². The first kappa shape index (κ1) is 37.0. The number of esters is 1. The summed E-state index contributed by atoms with van der Waals surface area (Å²) in [7, 11) is 0. The summed E-state index contributed by atoms with van der Waals surface area (Å²) in [6, 6.07) is 46.6. The summed E-state index contributed by atoms with van der Waals surface area (Å²) in [6.45, 7) is 22.1. The van der Waals surface area contributed by atoms with Gasteiger partial charge in [-0.2, -0.15) is 0 Å². The molecule has 290 valence electrons. The van der Waals surface area contributed by atoms with Crippen molar-refractivity contribution in [3.05, 3.63) is 180 Å². The lowest BCUT2D eigenvalue weighted by atomic mass is 9.74. The molecule has 10 rings (SSSR count). The van der Waals surface area contributed by atoms with E-state index in [1.54, 1.807) is 0 Å². The van der Waals surface area contributed by atoms with Crippen molar-refractivity contribution in [3.63, 3.8) is 0 Å². The van der Waals surface area contributed by atoms with Gasteiger partial charge in [0.05, 0.1) is 6.61 Å². The molecule has 1 atom stereocenters. The van der Waals surface area contributed by atoms with E-state index in [-0.39, 0.29) is 16.8 Å². The average Bonchev–Trinajstić information content (AvgIpc) is 3.63. The quantitative estimate of drug-likeness (QED) is 0.0506. The van der Waals surface area contributed by atoms with E-state index >= 15 is 0 Å². The molecule has 0 fully saturated rings. The van der Waals surface area contributed by atoms with Crippen molar-refractivity contribution in [3.8, 4) is 44.5 Å². The third kappa shape index (κ3) is 5.56. The predicted molar refractivity (Wildman–Crippen MR) is 249 cm³/mol. The zero-order valence-corrected chi connectivity index (χ0v) is 35.1. The van der Waals surface area contributed by atoms with Gasteiger partial charge in [-0.05, 0) is 148 Å². The van der Waals surface area contributed by atoms with Crippen LogP contribution in [0.2, 0.25) is 0 Å². The fourth-order valence-electron chi connectivity index (χ4n) is 10.5. The van der Waals surface area contributed by atoms with Gasteiger partial charge in [-0.3, -0.25) is 0 Å². The average molecular weight is 767 g/mol. The molecule has 0 heterocycles. The second-order valence-corrected chi connectivity index (χ2v) is 18.5. The molecule has 2 aliphatic rings. The molecule has 0 spiro atoms. The zero-order valence-electron chi connectivity index (χ0n) is 35.1. The van der Waals surface area contributed by atoms with Crippen molar-refractivity contribution in [2.24, 2.45) is 0 Å². The number of ether oxygens (including phenoxy) is 1. The Balaban J connectivity index is 1.03. The highest BCUT2D eigenvalue weighted by molar-refractivity contribution is 6.25. The third-order valence-corrected chi connectivity index (χ3v) is 13.7. The van der Waals surface area contributed by atoms with Gasteiger partial charge in [-0.1, -0.05) is 156 Å². The molecule has 8 aromatic rings. The fraction of sp³-hybridized carbons (Fsp3) is 0.211. The topological polar surface area (TPSA) is 26.3 Å². The standard InChI is InChI=1S/C57H50O2/c1-9-52(58)59-27-11-26-57(10-2)50-28-34(3)12-20-45(50)46-23-17-37(32-51(46)57)36-16-22-43-44-24-18-38(33-49(44)56(7,8)48(43)31-36)42-21-15-35-13-14-39-29-41(55(4,5)6)30-40-19-25-47(42)54(35)53(39)40/h9-10,12-25,28-33H,1-2,11,26-27H2,3-8H3. The molecular formula is C57H50O2. The van der Waals surface area contributed by atoms with Gasteiger partial charge in [0.2, 0.25) is 0 Å². The Morgan fingerprint density at radius 3 is 1.78 bits per heavy atom. The zero-order chi connectivity index (χ0) is 41.0. The van der Waals surface area contributed by atoms with Crippen LogP contribution < -0.4 is 0 Å². The summed E-state index contributed by atoms with van der Waals surface area (Å²) in [5.74, 6) is -0.386. The molecule has 0 saturated heterocycles.